The Bertz CT molecular complexity index is 409. The predicted octanol–water partition coefficient (Wildman–Crippen LogP) is 4.47. The SMILES string of the molecule is CN(C(=O)OC(C)(C)C)c1cc(Cl)cc(Br)c1. The number of amides is 1. The second kappa shape index (κ2) is 5.27. The Hall–Kier alpha value is -0.740. The van der Waals surface area contributed by atoms with E-state index in [1.165, 1.54) is 4.90 Å². The first-order valence-electron chi connectivity index (χ1n) is 5.12. The summed E-state index contributed by atoms with van der Waals surface area (Å²) in [5, 5.41) is 0.560. The zero-order valence-corrected chi connectivity index (χ0v) is 12.6. The second-order valence-electron chi connectivity index (χ2n) is 4.67. The predicted molar refractivity (Wildman–Crippen MR) is 73.8 cm³/mol. The molecule has 1 aromatic rings. The number of carbonyl (C=O) groups is 1. The fourth-order valence-corrected chi connectivity index (χ4v) is 2.01. The topological polar surface area (TPSA) is 29.5 Å². The van der Waals surface area contributed by atoms with Crippen molar-refractivity contribution in [3.05, 3.63) is 27.7 Å². The molecule has 1 aromatic carbocycles. The lowest BCUT2D eigenvalue weighted by atomic mass is 10.2. The number of hydrogen-bond acceptors (Lipinski definition) is 2. The Morgan fingerprint density at radius 2 is 1.94 bits per heavy atom. The van der Waals surface area contributed by atoms with Crippen molar-refractivity contribution < 1.29 is 9.53 Å². The van der Waals surface area contributed by atoms with Gasteiger partial charge in [0.15, 0.2) is 0 Å². The fraction of sp³-hybridized carbons (Fsp3) is 0.417. The molecule has 0 aromatic heterocycles. The van der Waals surface area contributed by atoms with Gasteiger partial charge in [-0.05, 0) is 39.0 Å². The van der Waals surface area contributed by atoms with Crippen molar-refractivity contribution in [2.75, 3.05) is 11.9 Å². The number of benzene rings is 1. The monoisotopic (exact) mass is 319 g/mol. The first-order chi connectivity index (χ1) is 7.69. The zero-order valence-electron chi connectivity index (χ0n) is 10.3. The van der Waals surface area contributed by atoms with Crippen LogP contribution in [0.15, 0.2) is 22.7 Å². The van der Waals surface area contributed by atoms with Crippen molar-refractivity contribution in [3.8, 4) is 0 Å². The summed E-state index contributed by atoms with van der Waals surface area (Å²) in [7, 11) is 1.65. The van der Waals surface area contributed by atoms with Crippen LogP contribution in [0.25, 0.3) is 0 Å². The Balaban J connectivity index is 2.89. The normalized spacial score (nSPS) is 11.2. The van der Waals surface area contributed by atoms with Gasteiger partial charge in [-0.2, -0.15) is 0 Å². The minimum Gasteiger partial charge on any atom is -0.443 e. The quantitative estimate of drug-likeness (QED) is 0.764. The summed E-state index contributed by atoms with van der Waals surface area (Å²) in [4.78, 5) is 13.2. The number of anilines is 1. The third-order valence-corrected chi connectivity index (χ3v) is 2.58. The highest BCUT2D eigenvalue weighted by molar-refractivity contribution is 9.10. The average molecular weight is 321 g/mol. The van der Waals surface area contributed by atoms with Crippen LogP contribution in [0.3, 0.4) is 0 Å². The van der Waals surface area contributed by atoms with Gasteiger partial charge in [-0.3, -0.25) is 4.90 Å². The summed E-state index contributed by atoms with van der Waals surface area (Å²) in [5.41, 5.74) is 0.167. The number of rotatable bonds is 1. The third-order valence-electron chi connectivity index (χ3n) is 1.90. The smallest absolute Gasteiger partial charge is 0.414 e. The molecule has 0 heterocycles. The van der Waals surface area contributed by atoms with Crippen LogP contribution in [0.2, 0.25) is 5.02 Å². The highest BCUT2D eigenvalue weighted by Crippen LogP contribution is 2.26. The molecule has 17 heavy (non-hydrogen) atoms. The van der Waals surface area contributed by atoms with Gasteiger partial charge < -0.3 is 4.74 Å². The van der Waals surface area contributed by atoms with E-state index in [4.69, 9.17) is 16.3 Å². The number of halogens is 2. The average Bonchev–Trinajstić information content (AvgIpc) is 2.12. The van der Waals surface area contributed by atoms with E-state index in [-0.39, 0.29) is 0 Å². The van der Waals surface area contributed by atoms with Gasteiger partial charge in [-0.25, -0.2) is 4.79 Å². The molecule has 0 unspecified atom stereocenters. The van der Waals surface area contributed by atoms with Gasteiger partial charge in [0.1, 0.15) is 5.60 Å². The van der Waals surface area contributed by atoms with Crippen molar-refractivity contribution in [1.82, 2.24) is 0 Å². The molecule has 1 rings (SSSR count). The van der Waals surface area contributed by atoms with Crippen LogP contribution in [0.4, 0.5) is 10.5 Å². The van der Waals surface area contributed by atoms with Crippen molar-refractivity contribution in [3.63, 3.8) is 0 Å². The molecule has 0 aliphatic heterocycles. The van der Waals surface area contributed by atoms with Crippen molar-refractivity contribution in [2.24, 2.45) is 0 Å². The van der Waals surface area contributed by atoms with E-state index < -0.39 is 11.7 Å². The Kier molecular flexibility index (Phi) is 4.44. The molecular formula is C12H15BrClNO2. The van der Waals surface area contributed by atoms with E-state index in [1.54, 1.807) is 25.2 Å². The Labute approximate surface area is 115 Å². The lowest BCUT2D eigenvalue weighted by molar-refractivity contribution is 0.0589. The molecule has 0 aliphatic carbocycles. The molecule has 0 atom stereocenters. The summed E-state index contributed by atoms with van der Waals surface area (Å²) in [6.07, 6.45) is -0.410. The van der Waals surface area contributed by atoms with Gasteiger partial charge in [-0.15, -0.1) is 0 Å². The van der Waals surface area contributed by atoms with E-state index >= 15 is 0 Å². The molecule has 5 heteroatoms. The highest BCUT2D eigenvalue weighted by atomic mass is 79.9. The van der Waals surface area contributed by atoms with Gasteiger partial charge in [0.25, 0.3) is 0 Å². The molecule has 3 nitrogen and oxygen atoms in total. The summed E-state index contributed by atoms with van der Waals surface area (Å²) >= 11 is 9.25. The summed E-state index contributed by atoms with van der Waals surface area (Å²) in [6.45, 7) is 5.48. The lowest BCUT2D eigenvalue weighted by Gasteiger charge is -2.24. The van der Waals surface area contributed by atoms with Gasteiger partial charge in [0.05, 0.1) is 0 Å². The van der Waals surface area contributed by atoms with Crippen molar-refractivity contribution in [2.45, 2.75) is 26.4 Å². The van der Waals surface area contributed by atoms with Gasteiger partial charge >= 0.3 is 6.09 Å². The zero-order chi connectivity index (χ0) is 13.2. The third kappa shape index (κ3) is 4.56. The van der Waals surface area contributed by atoms with Crippen LogP contribution >= 0.6 is 27.5 Å². The standard InChI is InChI=1S/C12H15BrClNO2/c1-12(2,3)17-11(16)15(4)10-6-8(13)5-9(14)7-10/h5-7H,1-4H3. The molecule has 0 spiro atoms. The molecule has 0 aliphatic rings. The van der Waals surface area contributed by atoms with Crippen molar-refractivity contribution >= 4 is 39.3 Å². The van der Waals surface area contributed by atoms with E-state index in [1.807, 2.05) is 20.8 Å². The Morgan fingerprint density at radius 3 is 2.41 bits per heavy atom. The van der Waals surface area contributed by atoms with Gasteiger partial charge in [0, 0.05) is 22.2 Å². The first kappa shape index (κ1) is 14.3. The molecular weight excluding hydrogens is 305 g/mol. The maximum Gasteiger partial charge on any atom is 0.414 e. The first-order valence-corrected chi connectivity index (χ1v) is 6.29. The summed E-state index contributed by atoms with van der Waals surface area (Å²) in [5.74, 6) is 0. The van der Waals surface area contributed by atoms with Gasteiger partial charge in [-0.1, -0.05) is 27.5 Å². The minimum atomic E-state index is -0.513. The van der Waals surface area contributed by atoms with E-state index in [0.29, 0.717) is 10.7 Å². The molecule has 0 saturated heterocycles. The highest BCUT2D eigenvalue weighted by Gasteiger charge is 2.20. The van der Waals surface area contributed by atoms with Crippen LogP contribution in [0, 0.1) is 0 Å². The van der Waals surface area contributed by atoms with Crippen molar-refractivity contribution in [1.29, 1.82) is 0 Å². The van der Waals surface area contributed by atoms with Crippen LogP contribution in [0.1, 0.15) is 20.8 Å². The summed E-state index contributed by atoms with van der Waals surface area (Å²) in [6, 6.07) is 5.26. The summed E-state index contributed by atoms with van der Waals surface area (Å²) < 4.78 is 6.08. The number of nitrogens with zero attached hydrogens (tertiary/aromatic N) is 1. The van der Waals surface area contributed by atoms with Crippen LogP contribution in [0.5, 0.6) is 0 Å². The van der Waals surface area contributed by atoms with E-state index in [9.17, 15) is 4.79 Å². The largest absolute Gasteiger partial charge is 0.443 e. The number of carbonyl (C=O) groups excluding carboxylic acids is 1. The molecule has 0 radical (unpaired) electrons. The van der Waals surface area contributed by atoms with Crippen LogP contribution in [-0.4, -0.2) is 18.7 Å². The molecule has 0 fully saturated rings. The second-order valence-corrected chi connectivity index (χ2v) is 6.02. The molecule has 1 amide bonds. The van der Waals surface area contributed by atoms with E-state index in [2.05, 4.69) is 15.9 Å². The number of hydrogen-bond donors (Lipinski definition) is 0. The Morgan fingerprint density at radius 1 is 1.35 bits per heavy atom. The lowest BCUT2D eigenvalue weighted by Crippen LogP contribution is -2.34. The number of ether oxygens (including phenoxy) is 1. The molecule has 0 saturated carbocycles. The fourth-order valence-electron chi connectivity index (χ4n) is 1.17. The molecule has 0 bridgehead atoms. The van der Waals surface area contributed by atoms with Gasteiger partial charge in [0.2, 0.25) is 0 Å². The molecule has 94 valence electrons. The maximum atomic E-state index is 11.8. The molecule has 0 N–H and O–H groups in total. The maximum absolute atomic E-state index is 11.8. The van der Waals surface area contributed by atoms with Crippen LogP contribution < -0.4 is 4.90 Å². The van der Waals surface area contributed by atoms with E-state index in [0.717, 1.165) is 4.47 Å². The minimum absolute atomic E-state index is 0.410. The van der Waals surface area contributed by atoms with Crippen LogP contribution in [-0.2, 0) is 4.74 Å².